The SMILES string of the molecule is CC(=N)/C=C(/Cc1ccc(C(=O)NCC(=O)N2[C@H](c3ccccc3)[C@@H](C)C[C@@H]2C(C)(C)O)cc1C)C(N)=O. The summed E-state index contributed by atoms with van der Waals surface area (Å²) in [5.74, 6) is -1.10. The molecule has 1 aliphatic rings. The first-order valence-electron chi connectivity index (χ1n) is 12.8. The highest BCUT2D eigenvalue weighted by molar-refractivity contribution is 6.01. The molecular formula is C30H38N4O4. The predicted octanol–water partition coefficient (Wildman–Crippen LogP) is 3.47. The van der Waals surface area contributed by atoms with Gasteiger partial charge in [-0.25, -0.2) is 0 Å². The minimum absolute atomic E-state index is 0.138. The zero-order valence-corrected chi connectivity index (χ0v) is 22.7. The van der Waals surface area contributed by atoms with Crippen LogP contribution in [0.3, 0.4) is 0 Å². The molecule has 38 heavy (non-hydrogen) atoms. The number of carbonyl (C=O) groups is 3. The maximum absolute atomic E-state index is 13.5. The number of amides is 3. The van der Waals surface area contributed by atoms with Gasteiger partial charge < -0.3 is 26.5 Å². The molecule has 3 amide bonds. The Morgan fingerprint density at radius 1 is 1.18 bits per heavy atom. The number of allylic oxidation sites excluding steroid dienone is 1. The van der Waals surface area contributed by atoms with Crippen molar-refractivity contribution >= 4 is 23.4 Å². The van der Waals surface area contributed by atoms with Gasteiger partial charge in [-0.05, 0) is 74.9 Å². The summed E-state index contributed by atoms with van der Waals surface area (Å²) in [4.78, 5) is 39.9. The van der Waals surface area contributed by atoms with Gasteiger partial charge in [0.1, 0.15) is 0 Å². The van der Waals surface area contributed by atoms with E-state index in [0.29, 0.717) is 17.6 Å². The van der Waals surface area contributed by atoms with Gasteiger partial charge in [0.25, 0.3) is 5.91 Å². The molecule has 3 atom stereocenters. The van der Waals surface area contributed by atoms with Crippen LogP contribution in [0.4, 0.5) is 0 Å². The fourth-order valence-electron chi connectivity index (χ4n) is 5.22. The minimum atomic E-state index is -1.10. The Morgan fingerprint density at radius 3 is 2.39 bits per heavy atom. The number of likely N-dealkylation sites (tertiary alicyclic amines) is 1. The smallest absolute Gasteiger partial charge is 0.251 e. The Bertz CT molecular complexity index is 1250. The van der Waals surface area contributed by atoms with E-state index in [1.165, 1.54) is 6.08 Å². The number of hydrogen-bond donors (Lipinski definition) is 4. The van der Waals surface area contributed by atoms with Crippen molar-refractivity contribution in [1.82, 2.24) is 10.2 Å². The molecule has 3 rings (SSSR count). The molecule has 0 radical (unpaired) electrons. The maximum Gasteiger partial charge on any atom is 0.251 e. The van der Waals surface area contributed by atoms with E-state index < -0.39 is 17.4 Å². The van der Waals surface area contributed by atoms with E-state index in [-0.39, 0.29) is 42.6 Å². The summed E-state index contributed by atoms with van der Waals surface area (Å²) in [6, 6.07) is 14.3. The second-order valence-electron chi connectivity index (χ2n) is 10.8. The third-order valence-corrected chi connectivity index (χ3v) is 7.11. The lowest BCUT2D eigenvalue weighted by Crippen LogP contribution is -2.51. The molecule has 1 fully saturated rings. The monoisotopic (exact) mass is 518 g/mol. The first-order valence-corrected chi connectivity index (χ1v) is 12.8. The number of aryl methyl sites for hydroxylation is 1. The number of nitrogens with two attached hydrogens (primary N) is 1. The van der Waals surface area contributed by atoms with Crippen LogP contribution in [0.2, 0.25) is 0 Å². The second-order valence-corrected chi connectivity index (χ2v) is 10.8. The van der Waals surface area contributed by atoms with E-state index in [1.54, 1.807) is 43.9 Å². The standard InChI is InChI=1S/C30H38N4O4/c1-18-13-23(12-11-22(18)16-24(28(32)36)15-20(3)31)29(37)33-17-26(35)34-25(30(4,5)38)14-19(2)27(34)21-9-7-6-8-10-21/h6-13,15,19,25,27,31,38H,14,16-17H2,1-5H3,(H2,32,36)(H,33,37)/b24-15-,31-20?/t19-,25+,27-/m0/s1. The van der Waals surface area contributed by atoms with Crippen molar-refractivity contribution in [2.45, 2.75) is 65.1 Å². The van der Waals surface area contributed by atoms with E-state index in [1.807, 2.05) is 37.3 Å². The highest BCUT2D eigenvalue weighted by atomic mass is 16.3. The van der Waals surface area contributed by atoms with Crippen molar-refractivity contribution in [3.63, 3.8) is 0 Å². The van der Waals surface area contributed by atoms with Crippen molar-refractivity contribution < 1.29 is 19.5 Å². The number of nitrogens with zero attached hydrogens (tertiary/aromatic N) is 1. The Kier molecular flexibility index (Phi) is 8.89. The summed E-state index contributed by atoms with van der Waals surface area (Å²) in [6.45, 7) is 8.70. The van der Waals surface area contributed by atoms with E-state index in [9.17, 15) is 19.5 Å². The van der Waals surface area contributed by atoms with Crippen molar-refractivity contribution in [2.75, 3.05) is 6.54 Å². The number of nitrogens with one attached hydrogen (secondary N) is 2. The molecule has 1 aliphatic heterocycles. The first kappa shape index (κ1) is 28.8. The van der Waals surface area contributed by atoms with Gasteiger partial charge in [-0.1, -0.05) is 43.3 Å². The lowest BCUT2D eigenvalue weighted by molar-refractivity contribution is -0.138. The summed E-state index contributed by atoms with van der Waals surface area (Å²) in [5.41, 5.74) is 7.89. The minimum Gasteiger partial charge on any atom is -0.388 e. The third kappa shape index (κ3) is 6.75. The first-order chi connectivity index (χ1) is 17.8. The summed E-state index contributed by atoms with van der Waals surface area (Å²) in [6.07, 6.45) is 2.35. The quantitative estimate of drug-likeness (QED) is 0.298. The van der Waals surface area contributed by atoms with Gasteiger partial charge in [-0.2, -0.15) is 0 Å². The summed E-state index contributed by atoms with van der Waals surface area (Å²) in [7, 11) is 0. The van der Waals surface area contributed by atoms with E-state index in [2.05, 4.69) is 12.2 Å². The highest BCUT2D eigenvalue weighted by Crippen LogP contribution is 2.44. The van der Waals surface area contributed by atoms with Gasteiger partial charge in [0.2, 0.25) is 11.8 Å². The van der Waals surface area contributed by atoms with Gasteiger partial charge in [0.05, 0.1) is 24.2 Å². The van der Waals surface area contributed by atoms with Crippen LogP contribution >= 0.6 is 0 Å². The van der Waals surface area contributed by atoms with Gasteiger partial charge in [-0.3, -0.25) is 14.4 Å². The summed E-state index contributed by atoms with van der Waals surface area (Å²) < 4.78 is 0. The van der Waals surface area contributed by atoms with Crippen LogP contribution in [0.1, 0.15) is 67.2 Å². The fourth-order valence-corrected chi connectivity index (χ4v) is 5.22. The second kappa shape index (κ2) is 11.7. The molecule has 8 heteroatoms. The molecule has 0 unspecified atom stereocenters. The number of benzene rings is 2. The fraction of sp³-hybridized carbons (Fsp3) is 0.400. The lowest BCUT2D eigenvalue weighted by atomic mass is 9.92. The van der Waals surface area contributed by atoms with E-state index >= 15 is 0 Å². The number of rotatable bonds is 9. The molecule has 0 saturated carbocycles. The summed E-state index contributed by atoms with van der Waals surface area (Å²) >= 11 is 0. The van der Waals surface area contributed by atoms with Gasteiger partial charge in [0, 0.05) is 23.3 Å². The van der Waals surface area contributed by atoms with E-state index in [4.69, 9.17) is 11.1 Å². The largest absolute Gasteiger partial charge is 0.388 e. The number of primary amides is 1. The van der Waals surface area contributed by atoms with Crippen molar-refractivity contribution in [1.29, 1.82) is 5.41 Å². The Hall–Kier alpha value is -3.78. The van der Waals surface area contributed by atoms with Crippen LogP contribution < -0.4 is 11.1 Å². The van der Waals surface area contributed by atoms with Crippen LogP contribution in [0.15, 0.2) is 60.2 Å². The maximum atomic E-state index is 13.5. The molecule has 2 aromatic carbocycles. The molecule has 1 saturated heterocycles. The Morgan fingerprint density at radius 2 is 1.84 bits per heavy atom. The molecule has 202 valence electrons. The number of aliphatic hydroxyl groups is 1. The average molecular weight is 519 g/mol. The molecule has 8 nitrogen and oxygen atoms in total. The van der Waals surface area contributed by atoms with Crippen molar-refractivity contribution in [3.05, 3.63) is 82.4 Å². The Labute approximate surface area is 224 Å². The zero-order chi connectivity index (χ0) is 28.2. The molecular weight excluding hydrogens is 480 g/mol. The van der Waals surface area contributed by atoms with Crippen LogP contribution in [0, 0.1) is 18.3 Å². The average Bonchev–Trinajstić information content (AvgIpc) is 3.21. The van der Waals surface area contributed by atoms with Gasteiger partial charge >= 0.3 is 0 Å². The van der Waals surface area contributed by atoms with Crippen LogP contribution in [0.25, 0.3) is 0 Å². The Balaban J connectivity index is 1.75. The van der Waals surface area contributed by atoms with Crippen LogP contribution in [-0.4, -0.2) is 51.6 Å². The molecule has 5 N–H and O–H groups in total. The van der Waals surface area contributed by atoms with Crippen LogP contribution in [-0.2, 0) is 16.0 Å². The van der Waals surface area contributed by atoms with Crippen molar-refractivity contribution in [3.8, 4) is 0 Å². The zero-order valence-electron chi connectivity index (χ0n) is 22.7. The van der Waals surface area contributed by atoms with Crippen LogP contribution in [0.5, 0.6) is 0 Å². The highest BCUT2D eigenvalue weighted by Gasteiger charge is 2.47. The van der Waals surface area contributed by atoms with E-state index in [0.717, 1.165) is 16.7 Å². The topological polar surface area (TPSA) is 137 Å². The molecule has 0 aliphatic carbocycles. The predicted molar refractivity (Wildman–Crippen MR) is 148 cm³/mol. The number of hydrogen-bond acceptors (Lipinski definition) is 5. The molecule has 0 spiro atoms. The molecule has 2 aromatic rings. The molecule has 1 heterocycles. The normalized spacial score (nSPS) is 19.8. The van der Waals surface area contributed by atoms with Gasteiger partial charge in [0.15, 0.2) is 0 Å². The molecule has 0 bridgehead atoms. The van der Waals surface area contributed by atoms with Crippen molar-refractivity contribution in [2.24, 2.45) is 11.7 Å². The third-order valence-electron chi connectivity index (χ3n) is 7.11. The number of carbonyl (C=O) groups excluding carboxylic acids is 3. The molecule has 0 aromatic heterocycles. The van der Waals surface area contributed by atoms with Gasteiger partial charge in [-0.15, -0.1) is 0 Å². The summed E-state index contributed by atoms with van der Waals surface area (Å²) in [5, 5.41) is 21.2. The lowest BCUT2D eigenvalue weighted by Gasteiger charge is -2.37.